The molecule has 1 aliphatic rings. The van der Waals surface area contributed by atoms with E-state index in [2.05, 4.69) is 22.8 Å². The molecule has 2 rings (SSSR count). The molecule has 0 unspecified atom stereocenters. The van der Waals surface area contributed by atoms with Gasteiger partial charge in [0.2, 0.25) is 0 Å². The Labute approximate surface area is 91.9 Å². The molecule has 0 spiro atoms. The maximum atomic E-state index is 4.42. The van der Waals surface area contributed by atoms with Crippen molar-refractivity contribution in [2.45, 2.75) is 23.6 Å². The molecule has 0 radical (unpaired) electrons. The number of thiol groups is 1. The first kappa shape index (κ1) is 9.80. The average Bonchev–Trinajstić information content (AvgIpc) is 2.56. The predicted octanol–water partition coefficient (Wildman–Crippen LogP) is 2.73. The van der Waals surface area contributed by atoms with Crippen LogP contribution in [0.25, 0.3) is 0 Å². The molecule has 0 aliphatic heterocycles. The molecule has 0 amide bonds. The van der Waals surface area contributed by atoms with Gasteiger partial charge in [0, 0.05) is 5.75 Å². The third-order valence-corrected chi connectivity index (χ3v) is 5.47. The third kappa shape index (κ3) is 2.19. The minimum Gasteiger partial charge on any atom is -0.179 e. The molecule has 0 aromatic carbocycles. The summed E-state index contributed by atoms with van der Waals surface area (Å²) in [5, 5.41) is 7.84. The van der Waals surface area contributed by atoms with Crippen molar-refractivity contribution in [3.05, 3.63) is 5.51 Å². The van der Waals surface area contributed by atoms with Crippen molar-refractivity contribution in [1.82, 2.24) is 10.2 Å². The monoisotopic (exact) mass is 232 g/mol. The first-order valence-electron chi connectivity index (χ1n) is 4.34. The molecule has 2 nitrogen and oxygen atoms in total. The Morgan fingerprint density at radius 1 is 1.62 bits per heavy atom. The quantitative estimate of drug-likeness (QED) is 0.638. The predicted molar refractivity (Wildman–Crippen MR) is 60.8 cm³/mol. The van der Waals surface area contributed by atoms with E-state index in [1.165, 1.54) is 19.3 Å². The van der Waals surface area contributed by atoms with E-state index in [0.29, 0.717) is 5.41 Å². The van der Waals surface area contributed by atoms with Crippen LogP contribution in [0.2, 0.25) is 0 Å². The first-order chi connectivity index (χ1) is 6.35. The SMILES string of the molecule is SCC1(CSc2nncs2)CCC1. The van der Waals surface area contributed by atoms with Crippen LogP contribution >= 0.6 is 35.7 Å². The average molecular weight is 232 g/mol. The van der Waals surface area contributed by atoms with Crippen LogP contribution in [0, 0.1) is 5.41 Å². The summed E-state index contributed by atoms with van der Waals surface area (Å²) >= 11 is 7.87. The van der Waals surface area contributed by atoms with Crippen molar-refractivity contribution in [2.75, 3.05) is 11.5 Å². The lowest BCUT2D eigenvalue weighted by Gasteiger charge is -2.40. The van der Waals surface area contributed by atoms with Crippen LogP contribution < -0.4 is 0 Å². The van der Waals surface area contributed by atoms with Gasteiger partial charge >= 0.3 is 0 Å². The van der Waals surface area contributed by atoms with Gasteiger partial charge in [-0.05, 0) is 24.0 Å². The Bertz CT molecular complexity index is 251. The summed E-state index contributed by atoms with van der Waals surface area (Å²) in [4.78, 5) is 0. The van der Waals surface area contributed by atoms with E-state index in [1.807, 2.05) is 11.8 Å². The summed E-state index contributed by atoms with van der Waals surface area (Å²) in [7, 11) is 0. The van der Waals surface area contributed by atoms with Gasteiger partial charge in [-0.3, -0.25) is 0 Å². The molecule has 0 N–H and O–H groups in total. The van der Waals surface area contributed by atoms with Gasteiger partial charge in [-0.25, -0.2) is 0 Å². The van der Waals surface area contributed by atoms with Gasteiger partial charge in [-0.1, -0.05) is 29.5 Å². The summed E-state index contributed by atoms with van der Waals surface area (Å²) in [6, 6.07) is 0. The molecule has 0 atom stereocenters. The molecule has 5 heteroatoms. The van der Waals surface area contributed by atoms with E-state index in [-0.39, 0.29) is 0 Å². The molecule has 1 fully saturated rings. The summed E-state index contributed by atoms with van der Waals surface area (Å²) in [5.74, 6) is 2.17. The topological polar surface area (TPSA) is 25.8 Å². The Balaban J connectivity index is 1.84. The van der Waals surface area contributed by atoms with Gasteiger partial charge < -0.3 is 0 Å². The first-order valence-corrected chi connectivity index (χ1v) is 6.84. The van der Waals surface area contributed by atoms with Crippen LogP contribution in [0.4, 0.5) is 0 Å². The summed E-state index contributed by atoms with van der Waals surface area (Å²) in [6.07, 6.45) is 4.04. The second kappa shape index (κ2) is 4.19. The van der Waals surface area contributed by atoms with Crippen LogP contribution in [0.3, 0.4) is 0 Å². The van der Waals surface area contributed by atoms with Crippen LogP contribution in [0.1, 0.15) is 19.3 Å². The number of hydrogen-bond acceptors (Lipinski definition) is 5. The highest BCUT2D eigenvalue weighted by atomic mass is 32.2. The van der Waals surface area contributed by atoms with Crippen LogP contribution in [-0.2, 0) is 0 Å². The number of rotatable bonds is 4. The number of nitrogens with zero attached hydrogens (tertiary/aromatic N) is 2. The maximum absolute atomic E-state index is 4.42. The molecule has 1 aromatic rings. The van der Waals surface area contributed by atoms with Crippen LogP contribution in [0.15, 0.2) is 9.85 Å². The lowest BCUT2D eigenvalue weighted by Crippen LogP contribution is -2.33. The Morgan fingerprint density at radius 2 is 2.46 bits per heavy atom. The summed E-state index contributed by atoms with van der Waals surface area (Å²) in [5.41, 5.74) is 2.29. The molecule has 13 heavy (non-hydrogen) atoms. The van der Waals surface area contributed by atoms with Crippen molar-refractivity contribution >= 4 is 35.7 Å². The minimum atomic E-state index is 0.499. The van der Waals surface area contributed by atoms with Gasteiger partial charge in [-0.2, -0.15) is 12.6 Å². The van der Waals surface area contributed by atoms with E-state index in [1.54, 1.807) is 16.8 Å². The number of thioether (sulfide) groups is 1. The molecule has 1 aliphatic carbocycles. The summed E-state index contributed by atoms with van der Waals surface area (Å²) < 4.78 is 1.09. The normalized spacial score (nSPS) is 19.8. The molecule has 72 valence electrons. The minimum absolute atomic E-state index is 0.499. The van der Waals surface area contributed by atoms with Crippen molar-refractivity contribution in [3.8, 4) is 0 Å². The Hall–Kier alpha value is 0.260. The highest BCUT2D eigenvalue weighted by Crippen LogP contribution is 2.45. The standard InChI is InChI=1S/C8H12N2S3/c11-4-8(2-1-3-8)5-12-7-10-9-6-13-7/h6,11H,1-5H2. The molecule has 0 saturated heterocycles. The lowest BCUT2D eigenvalue weighted by molar-refractivity contribution is 0.205. The van der Waals surface area contributed by atoms with Gasteiger partial charge in [0.1, 0.15) is 5.51 Å². The zero-order valence-electron chi connectivity index (χ0n) is 7.27. The lowest BCUT2D eigenvalue weighted by atomic mass is 9.72. The fourth-order valence-corrected chi connectivity index (χ4v) is 3.83. The number of aromatic nitrogens is 2. The highest BCUT2D eigenvalue weighted by Gasteiger charge is 2.35. The van der Waals surface area contributed by atoms with E-state index < -0.39 is 0 Å². The number of hydrogen-bond donors (Lipinski definition) is 1. The van der Waals surface area contributed by atoms with Gasteiger partial charge in [0.15, 0.2) is 4.34 Å². The van der Waals surface area contributed by atoms with Crippen molar-refractivity contribution in [1.29, 1.82) is 0 Å². The van der Waals surface area contributed by atoms with E-state index in [0.717, 1.165) is 15.8 Å². The van der Waals surface area contributed by atoms with Gasteiger partial charge in [0.25, 0.3) is 0 Å². The van der Waals surface area contributed by atoms with Crippen molar-refractivity contribution in [3.63, 3.8) is 0 Å². The van der Waals surface area contributed by atoms with Gasteiger partial charge in [0.05, 0.1) is 0 Å². The molecule has 1 aromatic heterocycles. The molecular formula is C8H12N2S3. The Kier molecular flexibility index (Phi) is 3.16. The zero-order valence-corrected chi connectivity index (χ0v) is 9.80. The van der Waals surface area contributed by atoms with E-state index >= 15 is 0 Å². The molecular weight excluding hydrogens is 220 g/mol. The zero-order chi connectivity index (χ0) is 9.15. The van der Waals surface area contributed by atoms with Crippen molar-refractivity contribution < 1.29 is 0 Å². The fourth-order valence-electron chi connectivity index (χ4n) is 1.47. The summed E-state index contributed by atoms with van der Waals surface area (Å²) in [6.45, 7) is 0. The van der Waals surface area contributed by atoms with E-state index in [4.69, 9.17) is 0 Å². The molecule has 0 bridgehead atoms. The van der Waals surface area contributed by atoms with E-state index in [9.17, 15) is 0 Å². The third-order valence-electron chi connectivity index (χ3n) is 2.59. The second-order valence-electron chi connectivity index (χ2n) is 3.50. The highest BCUT2D eigenvalue weighted by molar-refractivity contribution is 8.01. The van der Waals surface area contributed by atoms with Crippen LogP contribution in [-0.4, -0.2) is 21.7 Å². The largest absolute Gasteiger partial charge is 0.179 e. The Morgan fingerprint density at radius 3 is 2.92 bits per heavy atom. The smallest absolute Gasteiger partial charge is 0.174 e. The van der Waals surface area contributed by atoms with Gasteiger partial charge in [-0.15, -0.1) is 10.2 Å². The van der Waals surface area contributed by atoms with Crippen LogP contribution in [0.5, 0.6) is 0 Å². The molecule has 1 heterocycles. The fraction of sp³-hybridized carbons (Fsp3) is 0.750. The maximum Gasteiger partial charge on any atom is 0.174 e. The van der Waals surface area contributed by atoms with Crippen molar-refractivity contribution in [2.24, 2.45) is 5.41 Å². The second-order valence-corrected chi connectivity index (χ2v) is 5.88. The molecule has 1 saturated carbocycles.